The molecule has 0 unspecified atom stereocenters. The first kappa shape index (κ1) is 14.1. The van der Waals surface area contributed by atoms with Gasteiger partial charge in [0, 0.05) is 6.54 Å². The van der Waals surface area contributed by atoms with E-state index in [-0.39, 0.29) is 0 Å². The molecule has 2 aromatic rings. The molecule has 0 aliphatic heterocycles. The van der Waals surface area contributed by atoms with Crippen LogP contribution in [0.2, 0.25) is 0 Å². The molecule has 2 aromatic carbocycles. The van der Waals surface area contributed by atoms with Gasteiger partial charge in [-0.05, 0) is 58.1 Å². The zero-order valence-electron chi connectivity index (χ0n) is 11.2. The van der Waals surface area contributed by atoms with E-state index in [9.17, 15) is 0 Å². The quantitative estimate of drug-likeness (QED) is 0.920. The molecule has 0 aromatic heterocycles. The van der Waals surface area contributed by atoms with Crippen LogP contribution in [0, 0.1) is 13.8 Å². The van der Waals surface area contributed by atoms with Crippen molar-refractivity contribution in [3.05, 3.63) is 63.1 Å². The molecular formula is C16H18BrNO. The molecule has 0 saturated carbocycles. The highest BCUT2D eigenvalue weighted by Gasteiger charge is 2.08. The molecule has 19 heavy (non-hydrogen) atoms. The molecule has 0 spiro atoms. The van der Waals surface area contributed by atoms with E-state index < -0.39 is 0 Å². The lowest BCUT2D eigenvalue weighted by Crippen LogP contribution is -2.05. The summed E-state index contributed by atoms with van der Waals surface area (Å²) in [5.74, 6) is 0.900. The van der Waals surface area contributed by atoms with Crippen LogP contribution in [-0.2, 0) is 13.2 Å². The van der Waals surface area contributed by atoms with Crippen LogP contribution < -0.4 is 10.5 Å². The molecule has 0 atom stereocenters. The fourth-order valence-electron chi connectivity index (χ4n) is 2.13. The highest BCUT2D eigenvalue weighted by molar-refractivity contribution is 9.10. The summed E-state index contributed by atoms with van der Waals surface area (Å²) in [6, 6.07) is 12.3. The smallest absolute Gasteiger partial charge is 0.136 e. The molecule has 3 heteroatoms. The zero-order valence-corrected chi connectivity index (χ0v) is 12.8. The van der Waals surface area contributed by atoms with Gasteiger partial charge in [0.15, 0.2) is 0 Å². The van der Waals surface area contributed by atoms with Gasteiger partial charge in [-0.1, -0.05) is 30.3 Å². The Labute approximate surface area is 122 Å². The second-order valence-electron chi connectivity index (χ2n) is 4.65. The van der Waals surface area contributed by atoms with Crippen LogP contribution in [-0.4, -0.2) is 0 Å². The standard InChI is InChI=1S/C16H18BrNO/c1-11-7-12(2)16(15(17)8-11)19-10-14-6-4-3-5-13(14)9-18/h3-8H,9-10,18H2,1-2H3. The number of rotatable bonds is 4. The van der Waals surface area contributed by atoms with Gasteiger partial charge in [-0.3, -0.25) is 0 Å². The van der Waals surface area contributed by atoms with Gasteiger partial charge in [0.25, 0.3) is 0 Å². The second kappa shape index (κ2) is 6.22. The summed E-state index contributed by atoms with van der Waals surface area (Å²) in [7, 11) is 0. The fourth-order valence-corrected chi connectivity index (χ4v) is 2.92. The number of halogens is 1. The van der Waals surface area contributed by atoms with Crippen molar-refractivity contribution in [1.29, 1.82) is 0 Å². The largest absolute Gasteiger partial charge is 0.487 e. The van der Waals surface area contributed by atoms with E-state index in [1.807, 2.05) is 18.2 Å². The summed E-state index contributed by atoms with van der Waals surface area (Å²) in [4.78, 5) is 0. The Morgan fingerprint density at radius 2 is 1.79 bits per heavy atom. The molecule has 0 heterocycles. The molecule has 0 amide bonds. The van der Waals surface area contributed by atoms with Gasteiger partial charge in [0.05, 0.1) is 4.47 Å². The Hall–Kier alpha value is -1.32. The average molecular weight is 320 g/mol. The summed E-state index contributed by atoms with van der Waals surface area (Å²) >= 11 is 3.56. The summed E-state index contributed by atoms with van der Waals surface area (Å²) in [6.07, 6.45) is 0. The molecule has 2 N–H and O–H groups in total. The van der Waals surface area contributed by atoms with Gasteiger partial charge in [-0.2, -0.15) is 0 Å². The van der Waals surface area contributed by atoms with E-state index in [2.05, 4.69) is 48.0 Å². The minimum atomic E-state index is 0.535. The molecule has 2 nitrogen and oxygen atoms in total. The van der Waals surface area contributed by atoms with E-state index >= 15 is 0 Å². The van der Waals surface area contributed by atoms with Crippen LogP contribution in [0.4, 0.5) is 0 Å². The van der Waals surface area contributed by atoms with Crippen molar-refractivity contribution in [3.8, 4) is 5.75 Å². The van der Waals surface area contributed by atoms with Crippen LogP contribution >= 0.6 is 15.9 Å². The molecule has 0 aliphatic rings. The summed E-state index contributed by atoms with van der Waals surface area (Å²) < 4.78 is 6.94. The van der Waals surface area contributed by atoms with Crippen LogP contribution in [0.1, 0.15) is 22.3 Å². The van der Waals surface area contributed by atoms with E-state index in [0.717, 1.165) is 26.9 Å². The van der Waals surface area contributed by atoms with Crippen LogP contribution in [0.3, 0.4) is 0 Å². The third-order valence-corrected chi connectivity index (χ3v) is 3.67. The third kappa shape index (κ3) is 3.37. The number of hydrogen-bond acceptors (Lipinski definition) is 2. The molecule has 2 rings (SSSR count). The number of hydrogen-bond donors (Lipinski definition) is 1. The number of nitrogens with two attached hydrogens (primary N) is 1. The van der Waals surface area contributed by atoms with Gasteiger partial charge in [-0.15, -0.1) is 0 Å². The molecular weight excluding hydrogens is 302 g/mol. The monoisotopic (exact) mass is 319 g/mol. The van der Waals surface area contributed by atoms with Gasteiger partial charge >= 0.3 is 0 Å². The highest BCUT2D eigenvalue weighted by atomic mass is 79.9. The van der Waals surface area contributed by atoms with Gasteiger partial charge in [-0.25, -0.2) is 0 Å². The summed E-state index contributed by atoms with van der Waals surface area (Å²) in [5.41, 5.74) is 10.4. The van der Waals surface area contributed by atoms with E-state index in [1.54, 1.807) is 0 Å². The Kier molecular flexibility index (Phi) is 4.61. The minimum Gasteiger partial charge on any atom is -0.487 e. The Morgan fingerprint density at radius 3 is 2.42 bits per heavy atom. The van der Waals surface area contributed by atoms with Gasteiger partial charge in [0.2, 0.25) is 0 Å². The van der Waals surface area contributed by atoms with Crippen LogP contribution in [0.15, 0.2) is 40.9 Å². The molecule has 0 aliphatic carbocycles. The third-order valence-electron chi connectivity index (χ3n) is 3.08. The minimum absolute atomic E-state index is 0.535. The Bertz CT molecular complexity index is 558. The first-order valence-electron chi connectivity index (χ1n) is 6.28. The van der Waals surface area contributed by atoms with Crippen molar-refractivity contribution in [1.82, 2.24) is 0 Å². The molecule has 0 saturated heterocycles. The van der Waals surface area contributed by atoms with E-state index in [0.29, 0.717) is 13.2 Å². The molecule has 0 bridgehead atoms. The molecule has 0 fully saturated rings. The lowest BCUT2D eigenvalue weighted by molar-refractivity contribution is 0.301. The van der Waals surface area contributed by atoms with Crippen molar-refractivity contribution >= 4 is 15.9 Å². The lowest BCUT2D eigenvalue weighted by atomic mass is 10.1. The zero-order chi connectivity index (χ0) is 13.8. The topological polar surface area (TPSA) is 35.2 Å². The number of ether oxygens (including phenoxy) is 1. The Morgan fingerprint density at radius 1 is 1.11 bits per heavy atom. The predicted octanol–water partition coefficient (Wildman–Crippen LogP) is 4.10. The first-order chi connectivity index (χ1) is 9.11. The van der Waals surface area contributed by atoms with Crippen molar-refractivity contribution < 1.29 is 4.74 Å². The number of aryl methyl sites for hydroxylation is 2. The van der Waals surface area contributed by atoms with E-state index in [1.165, 1.54) is 5.56 Å². The molecule has 100 valence electrons. The van der Waals surface area contributed by atoms with Crippen LogP contribution in [0.25, 0.3) is 0 Å². The normalized spacial score (nSPS) is 10.5. The average Bonchev–Trinajstić information content (AvgIpc) is 2.38. The SMILES string of the molecule is Cc1cc(C)c(OCc2ccccc2CN)c(Br)c1. The Balaban J connectivity index is 2.19. The predicted molar refractivity (Wildman–Crippen MR) is 82.3 cm³/mol. The number of benzene rings is 2. The second-order valence-corrected chi connectivity index (χ2v) is 5.51. The van der Waals surface area contributed by atoms with Crippen molar-refractivity contribution in [3.63, 3.8) is 0 Å². The summed E-state index contributed by atoms with van der Waals surface area (Å²) in [6.45, 7) is 5.21. The van der Waals surface area contributed by atoms with Crippen molar-refractivity contribution in [2.75, 3.05) is 0 Å². The maximum Gasteiger partial charge on any atom is 0.136 e. The lowest BCUT2D eigenvalue weighted by Gasteiger charge is -2.14. The molecule has 0 radical (unpaired) electrons. The van der Waals surface area contributed by atoms with E-state index in [4.69, 9.17) is 10.5 Å². The van der Waals surface area contributed by atoms with Gasteiger partial charge in [0.1, 0.15) is 12.4 Å². The van der Waals surface area contributed by atoms with Crippen molar-refractivity contribution in [2.45, 2.75) is 27.0 Å². The van der Waals surface area contributed by atoms with Gasteiger partial charge < -0.3 is 10.5 Å². The highest BCUT2D eigenvalue weighted by Crippen LogP contribution is 2.31. The fraction of sp³-hybridized carbons (Fsp3) is 0.250. The first-order valence-corrected chi connectivity index (χ1v) is 7.07. The summed E-state index contributed by atoms with van der Waals surface area (Å²) in [5, 5.41) is 0. The van der Waals surface area contributed by atoms with Crippen LogP contribution in [0.5, 0.6) is 5.75 Å². The maximum absolute atomic E-state index is 5.95. The maximum atomic E-state index is 5.95. The van der Waals surface area contributed by atoms with Crippen molar-refractivity contribution in [2.24, 2.45) is 5.73 Å².